The van der Waals surface area contributed by atoms with Crippen molar-refractivity contribution in [2.75, 3.05) is 0 Å². The maximum absolute atomic E-state index is 9.53. The molecule has 0 atom stereocenters. The van der Waals surface area contributed by atoms with Crippen LogP contribution < -0.4 is 0 Å². The molecule has 0 fully saturated rings. The van der Waals surface area contributed by atoms with E-state index in [1.54, 1.807) is 36.7 Å². The van der Waals surface area contributed by atoms with Gasteiger partial charge in [-0.1, -0.05) is 46.4 Å². The monoisotopic (exact) mass is 484 g/mol. The maximum atomic E-state index is 9.53. The smallest absolute Gasteiger partial charge is 0.160 e. The minimum Gasteiger partial charge on any atom is -0.504 e. The van der Waals surface area contributed by atoms with Gasteiger partial charge >= 0.3 is 0 Å². The Kier molecular flexibility index (Phi) is 7.38. The van der Waals surface area contributed by atoms with Crippen molar-refractivity contribution in [3.8, 4) is 11.5 Å². The number of pyridine rings is 2. The summed E-state index contributed by atoms with van der Waals surface area (Å²) in [7, 11) is 0. The summed E-state index contributed by atoms with van der Waals surface area (Å²) in [6.07, 6.45) is 3.16. The van der Waals surface area contributed by atoms with E-state index in [0.29, 0.717) is 31.9 Å². The molecule has 2 aromatic heterocycles. The summed E-state index contributed by atoms with van der Waals surface area (Å²) in [5.41, 5.74) is 0.861. The second-order valence-electron chi connectivity index (χ2n) is 5.18. The summed E-state index contributed by atoms with van der Waals surface area (Å²) >= 11 is 23.2. The number of fused-ring (bicyclic) bond motifs is 2. The summed E-state index contributed by atoms with van der Waals surface area (Å²) in [6.45, 7) is 0. The fourth-order valence-electron chi connectivity index (χ4n) is 2.31. The largest absolute Gasteiger partial charge is 0.504 e. The Labute approximate surface area is 184 Å². The van der Waals surface area contributed by atoms with E-state index in [2.05, 4.69) is 9.97 Å². The van der Waals surface area contributed by atoms with E-state index in [1.807, 2.05) is 0 Å². The van der Waals surface area contributed by atoms with E-state index in [0.717, 1.165) is 0 Å². The van der Waals surface area contributed by atoms with Crippen molar-refractivity contribution in [1.82, 2.24) is 9.97 Å². The van der Waals surface area contributed by atoms with E-state index >= 15 is 0 Å². The van der Waals surface area contributed by atoms with Crippen molar-refractivity contribution >= 4 is 68.2 Å². The number of nitrogens with zero attached hydrogens (tertiary/aromatic N) is 2. The first-order valence-electron chi connectivity index (χ1n) is 7.23. The van der Waals surface area contributed by atoms with Gasteiger partial charge < -0.3 is 10.2 Å². The summed E-state index contributed by atoms with van der Waals surface area (Å²) in [4.78, 5) is 7.97. The van der Waals surface area contributed by atoms with Gasteiger partial charge in [-0.15, -0.1) is 0 Å². The molecule has 9 heteroatoms. The predicted molar refractivity (Wildman–Crippen MR) is 107 cm³/mol. The standard InChI is InChI=1S/2C9H5Cl2NO.Ni/c2*10-6-4-7(11)9(13)8-5(6)2-1-3-12-8;/h2*1-4,13H;. The minimum atomic E-state index is -0.0262. The van der Waals surface area contributed by atoms with Gasteiger partial charge in [0.05, 0.1) is 20.1 Å². The number of benzene rings is 2. The van der Waals surface area contributed by atoms with Crippen LogP contribution in [0.15, 0.2) is 48.8 Å². The molecule has 0 aliphatic carbocycles. The van der Waals surface area contributed by atoms with Crippen molar-refractivity contribution in [3.05, 3.63) is 68.9 Å². The first-order chi connectivity index (χ1) is 12.4. The number of aromatic nitrogens is 2. The van der Waals surface area contributed by atoms with Gasteiger partial charge in [0.15, 0.2) is 11.5 Å². The van der Waals surface area contributed by atoms with Crippen LogP contribution in [0.5, 0.6) is 11.5 Å². The number of rotatable bonds is 0. The van der Waals surface area contributed by atoms with Gasteiger partial charge in [-0.25, -0.2) is 0 Å². The van der Waals surface area contributed by atoms with Crippen molar-refractivity contribution in [1.29, 1.82) is 0 Å². The molecule has 2 aromatic carbocycles. The molecule has 0 aliphatic heterocycles. The molecule has 0 saturated carbocycles. The third-order valence-corrected chi connectivity index (χ3v) is 4.74. The molecule has 4 aromatic rings. The Morgan fingerprint density at radius 1 is 0.630 bits per heavy atom. The Balaban J connectivity index is 0.000000187. The van der Waals surface area contributed by atoms with Crippen molar-refractivity contribution in [2.24, 2.45) is 0 Å². The molecule has 0 unspecified atom stereocenters. The zero-order valence-electron chi connectivity index (χ0n) is 13.2. The van der Waals surface area contributed by atoms with Crippen LogP contribution in [0, 0.1) is 0 Å². The Bertz CT molecular complexity index is 1040. The van der Waals surface area contributed by atoms with Crippen LogP contribution in [0.1, 0.15) is 0 Å². The number of hydrogen-bond acceptors (Lipinski definition) is 4. The third-order valence-electron chi connectivity index (χ3n) is 3.54. The molecule has 142 valence electrons. The summed E-state index contributed by atoms with van der Waals surface area (Å²) in [6, 6.07) is 10.1. The number of phenols is 2. The first-order valence-corrected chi connectivity index (χ1v) is 8.74. The molecule has 4 rings (SSSR count). The third kappa shape index (κ3) is 4.51. The molecule has 0 radical (unpaired) electrons. The van der Waals surface area contributed by atoms with Gasteiger partial charge in [0.1, 0.15) is 11.0 Å². The second kappa shape index (κ2) is 9.14. The Hall–Kier alpha value is -1.49. The minimum absolute atomic E-state index is 0. The van der Waals surface area contributed by atoms with Gasteiger partial charge in [-0.2, -0.15) is 0 Å². The topological polar surface area (TPSA) is 66.2 Å². The average Bonchev–Trinajstić information content (AvgIpc) is 2.65. The number of halogens is 4. The van der Waals surface area contributed by atoms with Crippen LogP contribution >= 0.6 is 46.4 Å². The number of phenolic OH excluding ortho intramolecular Hbond substituents is 2. The second-order valence-corrected chi connectivity index (χ2v) is 6.81. The van der Waals surface area contributed by atoms with Gasteiger partial charge in [0.25, 0.3) is 0 Å². The SMILES string of the molecule is Oc1c(Cl)cc(Cl)c2cccnc12.Oc1c(Cl)cc(Cl)c2cccnc12.[Ni]. The molecule has 0 saturated heterocycles. The Morgan fingerprint density at radius 3 is 1.37 bits per heavy atom. The quantitative estimate of drug-likeness (QED) is 0.279. The first kappa shape index (κ1) is 21.8. The van der Waals surface area contributed by atoms with Crippen LogP contribution in [0.4, 0.5) is 0 Å². The summed E-state index contributed by atoms with van der Waals surface area (Å²) in [5.74, 6) is -0.0525. The normalized spacial score (nSPS) is 10.2. The molecule has 27 heavy (non-hydrogen) atoms. The molecule has 0 aliphatic rings. The zero-order chi connectivity index (χ0) is 18.8. The Morgan fingerprint density at radius 2 is 1.00 bits per heavy atom. The van der Waals surface area contributed by atoms with Gasteiger partial charge in [0, 0.05) is 39.7 Å². The molecular formula is C18H10Cl4N2NiO2. The van der Waals surface area contributed by atoms with Gasteiger partial charge in [-0.05, 0) is 36.4 Å². The van der Waals surface area contributed by atoms with Crippen molar-refractivity contribution in [2.45, 2.75) is 0 Å². The van der Waals surface area contributed by atoms with E-state index in [-0.39, 0.29) is 38.0 Å². The van der Waals surface area contributed by atoms with E-state index in [1.165, 1.54) is 12.1 Å². The van der Waals surface area contributed by atoms with Crippen LogP contribution in [-0.2, 0) is 16.5 Å². The zero-order valence-corrected chi connectivity index (χ0v) is 17.2. The fourth-order valence-corrected chi connectivity index (χ4v) is 3.35. The maximum Gasteiger partial charge on any atom is 0.160 e. The van der Waals surface area contributed by atoms with Crippen molar-refractivity contribution < 1.29 is 26.7 Å². The van der Waals surface area contributed by atoms with E-state index in [4.69, 9.17) is 46.4 Å². The van der Waals surface area contributed by atoms with Crippen molar-refractivity contribution in [3.63, 3.8) is 0 Å². The fraction of sp³-hybridized carbons (Fsp3) is 0. The van der Waals surface area contributed by atoms with Gasteiger partial charge in [0.2, 0.25) is 0 Å². The van der Waals surface area contributed by atoms with Crippen LogP contribution in [0.3, 0.4) is 0 Å². The summed E-state index contributed by atoms with van der Waals surface area (Å²) < 4.78 is 0. The molecule has 0 amide bonds. The predicted octanol–water partition coefficient (Wildman–Crippen LogP) is 6.49. The van der Waals surface area contributed by atoms with Crippen LogP contribution in [-0.4, -0.2) is 20.2 Å². The van der Waals surface area contributed by atoms with Crippen LogP contribution in [0.2, 0.25) is 20.1 Å². The molecule has 0 bridgehead atoms. The van der Waals surface area contributed by atoms with Gasteiger partial charge in [-0.3, -0.25) is 9.97 Å². The molecule has 4 nitrogen and oxygen atoms in total. The summed E-state index contributed by atoms with van der Waals surface area (Å²) in [5, 5.41) is 21.9. The number of hydrogen-bond donors (Lipinski definition) is 2. The molecule has 2 N–H and O–H groups in total. The van der Waals surface area contributed by atoms with E-state index in [9.17, 15) is 10.2 Å². The van der Waals surface area contributed by atoms with E-state index < -0.39 is 0 Å². The molecule has 2 heterocycles. The molecule has 0 spiro atoms. The average molecular weight is 487 g/mol. The molecular weight excluding hydrogens is 477 g/mol. The number of aromatic hydroxyl groups is 2. The van der Waals surface area contributed by atoms with Crippen LogP contribution in [0.25, 0.3) is 21.8 Å².